The Morgan fingerprint density at radius 3 is 2.65 bits per heavy atom. The largest absolute Gasteiger partial charge is 0.481 e. The first-order valence-corrected chi connectivity index (χ1v) is 7.89. The van der Waals surface area contributed by atoms with Crippen LogP contribution < -0.4 is 0 Å². The highest BCUT2D eigenvalue weighted by atomic mass is 16.5. The van der Waals surface area contributed by atoms with Gasteiger partial charge in [0, 0.05) is 19.2 Å². The van der Waals surface area contributed by atoms with E-state index >= 15 is 0 Å². The predicted octanol–water partition coefficient (Wildman–Crippen LogP) is 2.49. The minimum Gasteiger partial charge on any atom is -0.481 e. The number of aliphatic carboxylic acids is 1. The number of rotatable bonds is 5. The van der Waals surface area contributed by atoms with Gasteiger partial charge >= 0.3 is 5.97 Å². The summed E-state index contributed by atoms with van der Waals surface area (Å²) in [6, 6.07) is 8.09. The average Bonchev–Trinajstić information content (AvgIpc) is 2.53. The molecule has 1 N–H and O–H groups in total. The number of ether oxygens (including phenoxy) is 1. The standard InChI is InChI=1S/C18H23NO4/c1-3-14(15-6-4-13(2)5-7-15)10-17(20)19-8-9-23-16(12-19)11-18(21)22/h4-7,10,16H,3,8-9,11-12H2,1-2H3,(H,21,22). The molecule has 1 fully saturated rings. The lowest BCUT2D eigenvalue weighted by atomic mass is 10.0. The zero-order valence-corrected chi connectivity index (χ0v) is 13.6. The molecule has 0 aliphatic carbocycles. The van der Waals surface area contributed by atoms with Gasteiger partial charge in [0.1, 0.15) is 0 Å². The van der Waals surface area contributed by atoms with Crippen LogP contribution in [0, 0.1) is 6.92 Å². The van der Waals surface area contributed by atoms with Gasteiger partial charge in [-0.2, -0.15) is 0 Å². The number of carboxylic acids is 1. The first-order chi connectivity index (χ1) is 11.0. The normalized spacial score (nSPS) is 18.8. The minimum absolute atomic E-state index is 0.0773. The van der Waals surface area contributed by atoms with Gasteiger partial charge in [0.2, 0.25) is 5.91 Å². The van der Waals surface area contributed by atoms with Gasteiger partial charge in [0.05, 0.1) is 19.1 Å². The molecule has 23 heavy (non-hydrogen) atoms. The van der Waals surface area contributed by atoms with Gasteiger partial charge < -0.3 is 14.7 Å². The second kappa shape index (κ2) is 7.92. The number of allylic oxidation sites excluding steroid dienone is 1. The number of nitrogens with zero attached hydrogens (tertiary/aromatic N) is 1. The van der Waals surface area contributed by atoms with Crippen LogP contribution >= 0.6 is 0 Å². The summed E-state index contributed by atoms with van der Waals surface area (Å²) in [5.74, 6) is -0.991. The van der Waals surface area contributed by atoms with E-state index in [1.165, 1.54) is 5.56 Å². The SMILES string of the molecule is CCC(=CC(=O)N1CCOC(CC(=O)O)C1)c1ccc(C)cc1. The lowest BCUT2D eigenvalue weighted by Gasteiger charge is -2.31. The van der Waals surface area contributed by atoms with Crippen LogP contribution in [-0.4, -0.2) is 47.7 Å². The van der Waals surface area contributed by atoms with Crippen molar-refractivity contribution in [3.05, 3.63) is 41.5 Å². The van der Waals surface area contributed by atoms with Gasteiger partial charge in [0.15, 0.2) is 0 Å². The van der Waals surface area contributed by atoms with Crippen LogP contribution in [0.25, 0.3) is 5.57 Å². The number of carboxylic acid groups (broad SMARTS) is 1. The summed E-state index contributed by atoms with van der Waals surface area (Å²) in [7, 11) is 0. The van der Waals surface area contributed by atoms with E-state index in [2.05, 4.69) is 0 Å². The number of aryl methyl sites for hydroxylation is 1. The number of carbonyl (C=O) groups is 2. The van der Waals surface area contributed by atoms with Crippen molar-refractivity contribution in [3.63, 3.8) is 0 Å². The summed E-state index contributed by atoms with van der Waals surface area (Å²) in [5.41, 5.74) is 3.21. The summed E-state index contributed by atoms with van der Waals surface area (Å²) in [6.45, 7) is 5.25. The van der Waals surface area contributed by atoms with Crippen molar-refractivity contribution in [2.45, 2.75) is 32.8 Å². The van der Waals surface area contributed by atoms with Gasteiger partial charge in [-0.3, -0.25) is 9.59 Å². The molecule has 1 aliphatic heterocycles. The third-order valence-electron chi connectivity index (χ3n) is 3.95. The van der Waals surface area contributed by atoms with Crippen molar-refractivity contribution in [2.24, 2.45) is 0 Å². The molecule has 0 spiro atoms. The highest BCUT2D eigenvalue weighted by Gasteiger charge is 2.25. The molecule has 1 aromatic rings. The van der Waals surface area contributed by atoms with Gasteiger partial charge in [0.25, 0.3) is 0 Å². The molecule has 0 bridgehead atoms. The maximum absolute atomic E-state index is 12.5. The molecule has 0 radical (unpaired) electrons. The van der Waals surface area contributed by atoms with Crippen molar-refractivity contribution < 1.29 is 19.4 Å². The van der Waals surface area contributed by atoms with E-state index in [1.54, 1.807) is 11.0 Å². The Balaban J connectivity index is 2.08. The van der Waals surface area contributed by atoms with Crippen LogP contribution in [0.5, 0.6) is 0 Å². The van der Waals surface area contributed by atoms with E-state index in [0.29, 0.717) is 19.7 Å². The maximum Gasteiger partial charge on any atom is 0.306 e. The van der Waals surface area contributed by atoms with E-state index < -0.39 is 12.1 Å². The first kappa shape index (κ1) is 17.2. The van der Waals surface area contributed by atoms with Crippen LogP contribution in [0.3, 0.4) is 0 Å². The summed E-state index contributed by atoms with van der Waals surface area (Å²) < 4.78 is 5.40. The number of morpholine rings is 1. The molecule has 5 nitrogen and oxygen atoms in total. The summed E-state index contributed by atoms with van der Waals surface area (Å²) in [4.78, 5) is 24.9. The molecule has 5 heteroatoms. The molecular formula is C18H23NO4. The van der Waals surface area contributed by atoms with Gasteiger partial charge in [-0.15, -0.1) is 0 Å². The van der Waals surface area contributed by atoms with Crippen LogP contribution in [0.2, 0.25) is 0 Å². The minimum atomic E-state index is -0.909. The van der Waals surface area contributed by atoms with E-state index in [0.717, 1.165) is 17.6 Å². The Bertz CT molecular complexity index is 592. The molecule has 1 heterocycles. The number of benzene rings is 1. The van der Waals surface area contributed by atoms with Crippen molar-refractivity contribution >= 4 is 17.4 Å². The first-order valence-electron chi connectivity index (χ1n) is 7.89. The number of amides is 1. The van der Waals surface area contributed by atoms with Crippen molar-refractivity contribution in [1.29, 1.82) is 0 Å². The predicted molar refractivity (Wildman–Crippen MR) is 88.0 cm³/mol. The zero-order valence-electron chi connectivity index (χ0n) is 13.6. The van der Waals surface area contributed by atoms with E-state index in [9.17, 15) is 9.59 Å². The van der Waals surface area contributed by atoms with Crippen molar-refractivity contribution in [3.8, 4) is 0 Å². The van der Waals surface area contributed by atoms with E-state index in [1.807, 2.05) is 38.1 Å². The molecule has 1 saturated heterocycles. The molecule has 1 atom stereocenters. The van der Waals surface area contributed by atoms with Crippen LogP contribution in [0.4, 0.5) is 0 Å². The molecular weight excluding hydrogens is 294 g/mol. The Morgan fingerprint density at radius 2 is 2.04 bits per heavy atom. The second-order valence-electron chi connectivity index (χ2n) is 5.76. The van der Waals surface area contributed by atoms with Crippen molar-refractivity contribution in [1.82, 2.24) is 4.90 Å². The Kier molecular flexibility index (Phi) is 5.93. The fraction of sp³-hybridized carbons (Fsp3) is 0.444. The monoisotopic (exact) mass is 317 g/mol. The average molecular weight is 317 g/mol. The Morgan fingerprint density at radius 1 is 1.35 bits per heavy atom. The molecule has 1 aliphatic rings. The van der Waals surface area contributed by atoms with Crippen LogP contribution in [0.15, 0.2) is 30.3 Å². The number of hydrogen-bond donors (Lipinski definition) is 1. The Hall–Kier alpha value is -2.14. The van der Waals surface area contributed by atoms with E-state index in [4.69, 9.17) is 9.84 Å². The third-order valence-corrected chi connectivity index (χ3v) is 3.95. The highest BCUT2D eigenvalue weighted by Crippen LogP contribution is 2.19. The maximum atomic E-state index is 12.5. The molecule has 0 saturated carbocycles. The second-order valence-corrected chi connectivity index (χ2v) is 5.76. The zero-order chi connectivity index (χ0) is 16.8. The molecule has 1 amide bonds. The smallest absolute Gasteiger partial charge is 0.306 e. The molecule has 0 aromatic heterocycles. The molecule has 1 unspecified atom stereocenters. The quantitative estimate of drug-likeness (QED) is 0.847. The topological polar surface area (TPSA) is 66.8 Å². The van der Waals surface area contributed by atoms with E-state index in [-0.39, 0.29) is 12.3 Å². The van der Waals surface area contributed by atoms with Gasteiger partial charge in [-0.1, -0.05) is 36.8 Å². The van der Waals surface area contributed by atoms with Crippen LogP contribution in [-0.2, 0) is 14.3 Å². The van der Waals surface area contributed by atoms with Gasteiger partial charge in [-0.05, 0) is 24.5 Å². The van der Waals surface area contributed by atoms with Crippen molar-refractivity contribution in [2.75, 3.05) is 19.7 Å². The lowest BCUT2D eigenvalue weighted by molar-refractivity contribution is -0.145. The fourth-order valence-electron chi connectivity index (χ4n) is 2.64. The third kappa shape index (κ3) is 4.93. The molecule has 2 rings (SSSR count). The fourth-order valence-corrected chi connectivity index (χ4v) is 2.64. The molecule has 1 aromatic carbocycles. The number of hydrogen-bond acceptors (Lipinski definition) is 3. The summed E-state index contributed by atoms with van der Waals surface area (Å²) in [6.07, 6.45) is 1.92. The Labute approximate surface area is 136 Å². The molecule has 124 valence electrons. The summed E-state index contributed by atoms with van der Waals surface area (Å²) >= 11 is 0. The lowest BCUT2D eigenvalue weighted by Crippen LogP contribution is -2.45. The van der Waals surface area contributed by atoms with Crippen LogP contribution in [0.1, 0.15) is 30.9 Å². The highest BCUT2D eigenvalue weighted by molar-refractivity contribution is 5.95. The number of carbonyl (C=O) groups excluding carboxylic acids is 1. The van der Waals surface area contributed by atoms with Gasteiger partial charge in [-0.25, -0.2) is 0 Å². The summed E-state index contributed by atoms with van der Waals surface area (Å²) in [5, 5.41) is 8.85.